The van der Waals surface area contributed by atoms with Crippen molar-refractivity contribution in [2.24, 2.45) is 0 Å². The number of fused-ring (bicyclic) bond motifs is 1. The number of halogens is 1. The van der Waals surface area contributed by atoms with Gasteiger partial charge in [-0.3, -0.25) is 14.4 Å². The first-order chi connectivity index (χ1) is 21.8. The van der Waals surface area contributed by atoms with Crippen LogP contribution < -0.4 is 29.6 Å². The maximum Gasteiger partial charge on any atom is 0.255 e. The van der Waals surface area contributed by atoms with Gasteiger partial charge in [0, 0.05) is 66.6 Å². The molecule has 2 aliphatic rings. The molecule has 3 aromatic carbocycles. The second-order valence-corrected chi connectivity index (χ2v) is 12.8. The summed E-state index contributed by atoms with van der Waals surface area (Å²) in [7, 11) is -3.33. The monoisotopic (exact) mass is 665 g/mol. The zero-order valence-electron chi connectivity index (χ0n) is 25.3. The van der Waals surface area contributed by atoms with Crippen molar-refractivity contribution in [2.75, 3.05) is 47.9 Å². The molecule has 6 rings (SSSR count). The highest BCUT2D eigenvalue weighted by Gasteiger charge is 2.20. The van der Waals surface area contributed by atoms with Gasteiger partial charge in [0.2, 0.25) is 15.9 Å². The fourth-order valence-corrected chi connectivity index (χ4v) is 5.83. The lowest BCUT2D eigenvalue weighted by molar-refractivity contribution is 0.102. The van der Waals surface area contributed by atoms with Crippen LogP contribution in [-0.2, 0) is 16.6 Å². The summed E-state index contributed by atoms with van der Waals surface area (Å²) in [5.41, 5.74) is 3.80. The van der Waals surface area contributed by atoms with Gasteiger partial charge < -0.3 is 24.8 Å². The average molecular weight is 666 g/mol. The van der Waals surface area contributed by atoms with Gasteiger partial charge in [-0.2, -0.15) is 0 Å². The first-order valence-electron chi connectivity index (χ1n) is 14.8. The normalized spacial score (nSPS) is 14.9. The van der Waals surface area contributed by atoms with E-state index >= 15 is 0 Å². The van der Waals surface area contributed by atoms with E-state index in [-0.39, 0.29) is 18.3 Å². The minimum Gasteiger partial charge on any atom is -0.486 e. The van der Waals surface area contributed by atoms with Crippen LogP contribution in [0.4, 0.5) is 17.1 Å². The number of anilines is 3. The van der Waals surface area contributed by atoms with Crippen molar-refractivity contribution in [3.63, 3.8) is 0 Å². The van der Waals surface area contributed by atoms with E-state index in [0.29, 0.717) is 59.3 Å². The molecule has 3 N–H and O–H groups in total. The molecule has 0 radical (unpaired) electrons. The van der Waals surface area contributed by atoms with Crippen LogP contribution in [-0.4, -0.2) is 62.8 Å². The molecule has 11 nitrogen and oxygen atoms in total. The first kappa shape index (κ1) is 32.9. The Morgan fingerprint density at radius 1 is 0.891 bits per heavy atom. The van der Waals surface area contributed by atoms with Gasteiger partial charge in [-0.1, -0.05) is 6.07 Å². The van der Waals surface area contributed by atoms with Gasteiger partial charge >= 0.3 is 0 Å². The van der Waals surface area contributed by atoms with Crippen molar-refractivity contribution in [1.82, 2.24) is 9.88 Å². The molecule has 0 unspecified atom stereocenters. The van der Waals surface area contributed by atoms with Gasteiger partial charge in [-0.15, -0.1) is 12.4 Å². The van der Waals surface area contributed by atoms with Crippen LogP contribution in [0.15, 0.2) is 85.1 Å². The number of nitrogens with zero attached hydrogens (tertiary/aromatic N) is 2. The molecule has 13 heteroatoms. The number of amides is 1. The van der Waals surface area contributed by atoms with Crippen LogP contribution >= 0.6 is 12.4 Å². The minimum absolute atomic E-state index is 0. The van der Waals surface area contributed by atoms with Crippen molar-refractivity contribution >= 4 is 45.4 Å². The van der Waals surface area contributed by atoms with Crippen molar-refractivity contribution in [3.05, 3.63) is 96.2 Å². The van der Waals surface area contributed by atoms with E-state index in [0.717, 1.165) is 50.0 Å². The Hall–Kier alpha value is -4.52. The molecule has 242 valence electrons. The van der Waals surface area contributed by atoms with Crippen molar-refractivity contribution < 1.29 is 27.4 Å². The molecular weight excluding hydrogens is 630 g/mol. The summed E-state index contributed by atoms with van der Waals surface area (Å²) in [6, 6.07) is 23.8. The number of ether oxygens (including phenoxy) is 3. The van der Waals surface area contributed by atoms with E-state index in [2.05, 4.69) is 25.2 Å². The molecule has 2 aliphatic heterocycles. The molecule has 0 aliphatic carbocycles. The fraction of sp³-hybridized carbons (Fsp3) is 0.273. The summed E-state index contributed by atoms with van der Waals surface area (Å²) in [4.78, 5) is 19.6. The summed E-state index contributed by atoms with van der Waals surface area (Å²) >= 11 is 0. The van der Waals surface area contributed by atoms with E-state index in [1.807, 2.05) is 42.6 Å². The molecule has 46 heavy (non-hydrogen) atoms. The molecule has 3 heterocycles. The third kappa shape index (κ3) is 9.03. The van der Waals surface area contributed by atoms with Crippen molar-refractivity contribution in [2.45, 2.75) is 25.4 Å². The maximum atomic E-state index is 12.8. The van der Waals surface area contributed by atoms with Crippen molar-refractivity contribution in [1.29, 1.82) is 0 Å². The van der Waals surface area contributed by atoms with Crippen LogP contribution in [0, 0.1) is 0 Å². The van der Waals surface area contributed by atoms with Gasteiger partial charge in [-0.25, -0.2) is 13.4 Å². The van der Waals surface area contributed by atoms with Crippen LogP contribution in [0.3, 0.4) is 0 Å². The maximum absolute atomic E-state index is 12.8. The number of aromatic nitrogens is 1. The number of pyridine rings is 1. The highest BCUT2D eigenvalue weighted by atomic mass is 35.5. The zero-order chi connectivity index (χ0) is 31.2. The number of hydrogen-bond acceptors (Lipinski definition) is 9. The number of piperidine rings is 1. The van der Waals surface area contributed by atoms with Crippen LogP contribution in [0.5, 0.6) is 23.1 Å². The second kappa shape index (κ2) is 14.7. The molecule has 4 aromatic rings. The number of carbonyl (C=O) groups excluding carboxylic acids is 1. The molecule has 0 atom stereocenters. The third-order valence-electron chi connectivity index (χ3n) is 7.49. The van der Waals surface area contributed by atoms with Gasteiger partial charge in [0.05, 0.1) is 6.26 Å². The average Bonchev–Trinajstić information content (AvgIpc) is 3.03. The van der Waals surface area contributed by atoms with Gasteiger partial charge in [0.15, 0.2) is 11.5 Å². The van der Waals surface area contributed by atoms with Gasteiger partial charge in [0.1, 0.15) is 19.0 Å². The molecule has 0 bridgehead atoms. The van der Waals surface area contributed by atoms with Gasteiger partial charge in [0.25, 0.3) is 5.91 Å². The number of hydrogen-bond donors (Lipinski definition) is 3. The number of likely N-dealkylation sites (tertiary alicyclic amines) is 1. The zero-order valence-corrected chi connectivity index (χ0v) is 26.9. The van der Waals surface area contributed by atoms with E-state index in [4.69, 9.17) is 14.2 Å². The fourth-order valence-electron chi connectivity index (χ4n) is 5.26. The van der Waals surface area contributed by atoms with E-state index in [1.165, 1.54) is 0 Å². The summed E-state index contributed by atoms with van der Waals surface area (Å²) in [5.74, 6) is 2.18. The van der Waals surface area contributed by atoms with E-state index in [1.54, 1.807) is 42.5 Å². The number of benzene rings is 3. The standard InChI is InChI=1S/C33H35N5O6S.ClH/c1-45(40,41)37-27-7-10-29(11-8-27)44-32-13-2-23(21-34-32)22-38-16-14-26(15-17-38)35-25-5-3-24(4-6-25)33(39)36-28-9-12-30-31(20-28)43-19-18-42-30;/h2-13,20-21,26,35,37H,14-19,22H2,1H3,(H,36,39);1H. The predicted octanol–water partition coefficient (Wildman–Crippen LogP) is 5.77. The number of sulfonamides is 1. The highest BCUT2D eigenvalue weighted by Crippen LogP contribution is 2.33. The largest absolute Gasteiger partial charge is 0.486 e. The Kier molecular flexibility index (Phi) is 10.5. The van der Waals surface area contributed by atoms with Crippen LogP contribution in [0.2, 0.25) is 0 Å². The molecule has 1 saturated heterocycles. The van der Waals surface area contributed by atoms with Crippen LogP contribution in [0.1, 0.15) is 28.8 Å². The van der Waals surface area contributed by atoms with E-state index < -0.39 is 10.0 Å². The highest BCUT2D eigenvalue weighted by molar-refractivity contribution is 7.92. The summed E-state index contributed by atoms with van der Waals surface area (Å²) in [6.45, 7) is 3.74. The summed E-state index contributed by atoms with van der Waals surface area (Å²) in [6.07, 6.45) is 4.94. The lowest BCUT2D eigenvalue weighted by atomic mass is 10.0. The molecular formula is C33H36ClN5O6S. The predicted molar refractivity (Wildman–Crippen MR) is 180 cm³/mol. The Balaban J connectivity index is 0.00000417. The summed E-state index contributed by atoms with van der Waals surface area (Å²) < 4.78 is 42.1. The lowest BCUT2D eigenvalue weighted by Gasteiger charge is -2.32. The Morgan fingerprint density at radius 3 is 2.24 bits per heavy atom. The molecule has 1 aromatic heterocycles. The Labute approximate surface area is 274 Å². The third-order valence-corrected chi connectivity index (χ3v) is 8.10. The Bertz CT molecular complexity index is 1730. The van der Waals surface area contributed by atoms with Gasteiger partial charge in [-0.05, 0) is 79.1 Å². The first-order valence-corrected chi connectivity index (χ1v) is 16.7. The molecule has 1 amide bonds. The topological polar surface area (TPSA) is 131 Å². The molecule has 0 saturated carbocycles. The minimum atomic E-state index is -3.33. The molecule has 0 spiro atoms. The SMILES string of the molecule is CS(=O)(=O)Nc1ccc(Oc2ccc(CN3CCC(Nc4ccc(C(=O)Nc5ccc6c(c5)OCCO6)cc4)CC3)cn2)cc1.Cl. The van der Waals surface area contributed by atoms with Crippen LogP contribution in [0.25, 0.3) is 0 Å². The molecule has 1 fully saturated rings. The Morgan fingerprint density at radius 2 is 1.57 bits per heavy atom. The van der Waals surface area contributed by atoms with E-state index in [9.17, 15) is 13.2 Å². The second-order valence-electron chi connectivity index (χ2n) is 11.1. The quantitative estimate of drug-likeness (QED) is 0.193. The summed E-state index contributed by atoms with van der Waals surface area (Å²) in [5, 5.41) is 6.53. The number of nitrogens with one attached hydrogen (secondary N) is 3. The lowest BCUT2D eigenvalue weighted by Crippen LogP contribution is -2.38. The number of rotatable bonds is 10. The number of carbonyl (C=O) groups is 1. The smallest absolute Gasteiger partial charge is 0.255 e. The van der Waals surface area contributed by atoms with Crippen molar-refractivity contribution in [3.8, 4) is 23.1 Å².